The molecule has 0 atom stereocenters. The lowest BCUT2D eigenvalue weighted by atomic mass is 10.0. The van der Waals surface area contributed by atoms with Gasteiger partial charge >= 0.3 is 0 Å². The van der Waals surface area contributed by atoms with Gasteiger partial charge in [0.15, 0.2) is 0 Å². The Bertz CT molecular complexity index is 1170. The summed E-state index contributed by atoms with van der Waals surface area (Å²) in [6.45, 7) is 1.40. The summed E-state index contributed by atoms with van der Waals surface area (Å²) in [6.07, 6.45) is 10.1. The number of benzene rings is 1. The second-order valence-corrected chi connectivity index (χ2v) is 7.58. The first-order valence-electron chi connectivity index (χ1n) is 10.0. The van der Waals surface area contributed by atoms with E-state index >= 15 is 0 Å². The fourth-order valence-corrected chi connectivity index (χ4v) is 3.97. The highest BCUT2D eigenvalue weighted by Crippen LogP contribution is 2.36. The third-order valence-electron chi connectivity index (χ3n) is 5.55. The minimum absolute atomic E-state index is 0.0879. The third-order valence-corrected chi connectivity index (χ3v) is 5.55. The Morgan fingerprint density at radius 3 is 2.83 bits per heavy atom. The topological polar surface area (TPSA) is 85.9 Å². The van der Waals surface area contributed by atoms with Crippen LogP contribution in [0.5, 0.6) is 5.75 Å². The molecule has 3 heterocycles. The van der Waals surface area contributed by atoms with Crippen LogP contribution in [0.3, 0.4) is 0 Å². The van der Waals surface area contributed by atoms with Crippen molar-refractivity contribution in [2.75, 3.05) is 13.2 Å². The SMILES string of the molecule is Cn1cc(C2=Cc3c(ncnc3-c3ccc(OC4CCOCC4)c(C#N)c3)C2)cn1. The van der Waals surface area contributed by atoms with Crippen LogP contribution in [0.2, 0.25) is 0 Å². The monoisotopic (exact) mass is 399 g/mol. The first kappa shape index (κ1) is 18.5. The van der Waals surface area contributed by atoms with Gasteiger partial charge in [-0.05, 0) is 29.8 Å². The van der Waals surface area contributed by atoms with Gasteiger partial charge in [-0.15, -0.1) is 0 Å². The van der Waals surface area contributed by atoms with Crippen LogP contribution in [0, 0.1) is 11.3 Å². The van der Waals surface area contributed by atoms with Crippen LogP contribution in [0.4, 0.5) is 0 Å². The van der Waals surface area contributed by atoms with E-state index in [-0.39, 0.29) is 6.10 Å². The Morgan fingerprint density at radius 2 is 2.07 bits per heavy atom. The molecule has 1 aromatic carbocycles. The molecule has 1 aliphatic heterocycles. The summed E-state index contributed by atoms with van der Waals surface area (Å²) in [5, 5.41) is 14.0. The van der Waals surface area contributed by atoms with E-state index in [4.69, 9.17) is 9.47 Å². The maximum absolute atomic E-state index is 9.70. The van der Waals surface area contributed by atoms with Gasteiger partial charge in [-0.1, -0.05) is 0 Å². The number of rotatable bonds is 4. The van der Waals surface area contributed by atoms with Crippen molar-refractivity contribution in [1.82, 2.24) is 19.7 Å². The zero-order chi connectivity index (χ0) is 20.5. The van der Waals surface area contributed by atoms with E-state index in [1.807, 2.05) is 37.6 Å². The Balaban J connectivity index is 1.48. The van der Waals surface area contributed by atoms with E-state index in [2.05, 4.69) is 27.2 Å². The maximum Gasteiger partial charge on any atom is 0.137 e. The van der Waals surface area contributed by atoms with Crippen LogP contribution in [0.15, 0.2) is 36.9 Å². The molecule has 2 aliphatic rings. The second-order valence-electron chi connectivity index (χ2n) is 7.58. The van der Waals surface area contributed by atoms with Gasteiger partial charge in [0, 0.05) is 49.2 Å². The van der Waals surface area contributed by atoms with Gasteiger partial charge in [0.1, 0.15) is 24.3 Å². The van der Waals surface area contributed by atoms with E-state index in [9.17, 15) is 5.26 Å². The number of ether oxygens (including phenoxy) is 2. The Kier molecular flexibility index (Phi) is 4.77. The molecule has 7 nitrogen and oxygen atoms in total. The largest absolute Gasteiger partial charge is 0.489 e. The van der Waals surface area contributed by atoms with Gasteiger partial charge in [-0.3, -0.25) is 4.68 Å². The lowest BCUT2D eigenvalue weighted by Crippen LogP contribution is -2.26. The van der Waals surface area contributed by atoms with E-state index in [1.165, 1.54) is 5.57 Å². The standard InChI is InChI=1S/C23H21N5O2/c1-28-13-18(12-27-28)16-9-20-21(10-16)25-14-26-23(20)15-2-3-22(17(8-15)11-24)30-19-4-6-29-7-5-19/h2-3,8-9,12-14,19H,4-7,10H2,1H3. The number of hydrogen-bond acceptors (Lipinski definition) is 6. The molecule has 30 heavy (non-hydrogen) atoms. The molecule has 0 saturated carbocycles. The van der Waals surface area contributed by atoms with E-state index in [0.717, 1.165) is 47.3 Å². The highest BCUT2D eigenvalue weighted by Gasteiger charge is 2.22. The molecule has 0 radical (unpaired) electrons. The minimum atomic E-state index is 0.0879. The number of nitriles is 1. The molecular formula is C23H21N5O2. The zero-order valence-corrected chi connectivity index (χ0v) is 16.7. The van der Waals surface area contributed by atoms with Crippen molar-refractivity contribution in [3.8, 4) is 23.1 Å². The number of allylic oxidation sites excluding steroid dienone is 1. The fourth-order valence-electron chi connectivity index (χ4n) is 3.97. The van der Waals surface area contributed by atoms with Gasteiger partial charge in [0.05, 0.1) is 36.4 Å². The molecule has 5 rings (SSSR count). The maximum atomic E-state index is 9.70. The van der Waals surface area contributed by atoms with E-state index < -0.39 is 0 Å². The molecule has 1 aliphatic carbocycles. The number of nitrogens with zero attached hydrogens (tertiary/aromatic N) is 5. The summed E-state index contributed by atoms with van der Waals surface area (Å²) in [6, 6.07) is 7.97. The van der Waals surface area contributed by atoms with Crippen LogP contribution in [0.25, 0.3) is 22.9 Å². The predicted octanol–water partition coefficient (Wildman–Crippen LogP) is 3.40. The minimum Gasteiger partial charge on any atom is -0.489 e. The van der Waals surface area contributed by atoms with Gasteiger partial charge in [0.25, 0.3) is 0 Å². The highest BCUT2D eigenvalue weighted by molar-refractivity contribution is 5.92. The van der Waals surface area contributed by atoms with Gasteiger partial charge in [-0.2, -0.15) is 10.4 Å². The Hall–Kier alpha value is -3.50. The van der Waals surface area contributed by atoms with Crippen LogP contribution in [-0.4, -0.2) is 39.1 Å². The highest BCUT2D eigenvalue weighted by atomic mass is 16.5. The predicted molar refractivity (Wildman–Crippen MR) is 111 cm³/mol. The fraction of sp³-hybridized carbons (Fsp3) is 0.304. The lowest BCUT2D eigenvalue weighted by Gasteiger charge is -2.23. The number of hydrogen-bond donors (Lipinski definition) is 0. The summed E-state index contributed by atoms with van der Waals surface area (Å²) < 4.78 is 13.3. The van der Waals surface area contributed by atoms with Crippen LogP contribution in [-0.2, 0) is 18.2 Å². The number of aromatic nitrogens is 4. The molecule has 1 fully saturated rings. The van der Waals surface area contributed by atoms with Crippen LogP contribution in [0.1, 0.15) is 35.2 Å². The molecular weight excluding hydrogens is 378 g/mol. The van der Waals surface area contributed by atoms with Crippen LogP contribution < -0.4 is 4.74 Å². The van der Waals surface area contributed by atoms with Crippen molar-refractivity contribution in [3.05, 3.63) is 59.3 Å². The van der Waals surface area contributed by atoms with Crippen molar-refractivity contribution in [2.45, 2.75) is 25.4 Å². The Morgan fingerprint density at radius 1 is 1.20 bits per heavy atom. The third kappa shape index (κ3) is 3.46. The molecule has 0 unspecified atom stereocenters. The zero-order valence-electron chi connectivity index (χ0n) is 16.7. The molecule has 3 aromatic rings. The second kappa shape index (κ2) is 7.73. The van der Waals surface area contributed by atoms with Gasteiger partial charge in [0.2, 0.25) is 0 Å². The van der Waals surface area contributed by atoms with E-state index in [0.29, 0.717) is 24.5 Å². The summed E-state index contributed by atoms with van der Waals surface area (Å²) in [4.78, 5) is 9.00. The summed E-state index contributed by atoms with van der Waals surface area (Å²) in [5.41, 5.74) is 6.46. The first-order chi connectivity index (χ1) is 14.7. The smallest absolute Gasteiger partial charge is 0.137 e. The van der Waals surface area contributed by atoms with Gasteiger partial charge in [-0.25, -0.2) is 9.97 Å². The van der Waals surface area contributed by atoms with Crippen molar-refractivity contribution in [3.63, 3.8) is 0 Å². The molecule has 1 saturated heterocycles. The molecule has 0 spiro atoms. The van der Waals surface area contributed by atoms with Crippen molar-refractivity contribution < 1.29 is 9.47 Å². The molecule has 150 valence electrons. The van der Waals surface area contributed by atoms with Crippen molar-refractivity contribution in [1.29, 1.82) is 5.26 Å². The quantitative estimate of drug-likeness (QED) is 0.668. The average Bonchev–Trinajstić information content (AvgIpc) is 3.40. The molecule has 2 aromatic heterocycles. The summed E-state index contributed by atoms with van der Waals surface area (Å²) in [5.74, 6) is 0.616. The Labute approximate surface area is 174 Å². The van der Waals surface area contributed by atoms with Crippen molar-refractivity contribution in [2.24, 2.45) is 7.05 Å². The van der Waals surface area contributed by atoms with Crippen LogP contribution >= 0.6 is 0 Å². The first-order valence-corrected chi connectivity index (χ1v) is 10.0. The summed E-state index contributed by atoms with van der Waals surface area (Å²) in [7, 11) is 1.91. The molecule has 0 N–H and O–H groups in total. The van der Waals surface area contributed by atoms with Gasteiger partial charge < -0.3 is 9.47 Å². The number of aryl methyl sites for hydroxylation is 1. The molecule has 0 amide bonds. The lowest BCUT2D eigenvalue weighted by molar-refractivity contribution is 0.0254. The molecule has 0 bridgehead atoms. The molecule has 7 heteroatoms. The normalized spacial score (nSPS) is 16.1. The average molecular weight is 399 g/mol. The summed E-state index contributed by atoms with van der Waals surface area (Å²) >= 11 is 0. The van der Waals surface area contributed by atoms with E-state index in [1.54, 1.807) is 11.0 Å². The van der Waals surface area contributed by atoms with Crippen molar-refractivity contribution >= 4 is 11.6 Å². The number of fused-ring (bicyclic) bond motifs is 1.